The van der Waals surface area contributed by atoms with Gasteiger partial charge in [0.05, 0.1) is 5.69 Å². The van der Waals surface area contributed by atoms with Crippen molar-refractivity contribution in [2.24, 2.45) is 0 Å². The van der Waals surface area contributed by atoms with Gasteiger partial charge in [0, 0.05) is 10.9 Å². The molecule has 4 aromatic rings. The molecule has 23 heavy (non-hydrogen) atoms. The van der Waals surface area contributed by atoms with Crippen molar-refractivity contribution in [2.75, 3.05) is 0 Å². The molecular formula is C21H15NO. The number of rotatable bonds is 1. The second-order valence-corrected chi connectivity index (χ2v) is 6.15. The molecule has 0 atom stereocenters. The fourth-order valence-electron chi connectivity index (χ4n) is 3.78. The monoisotopic (exact) mass is 297 g/mol. The van der Waals surface area contributed by atoms with E-state index in [0.717, 1.165) is 23.9 Å². The molecule has 0 aliphatic heterocycles. The van der Waals surface area contributed by atoms with Crippen LogP contribution in [0, 0.1) is 0 Å². The molecule has 1 heterocycles. The van der Waals surface area contributed by atoms with Gasteiger partial charge in [0.1, 0.15) is 11.3 Å². The van der Waals surface area contributed by atoms with Crippen molar-refractivity contribution < 1.29 is 5.11 Å². The molecule has 1 aromatic heterocycles. The number of para-hydroxylation sites is 1. The first-order valence-electron chi connectivity index (χ1n) is 7.94. The highest BCUT2D eigenvalue weighted by atomic mass is 16.3. The molecule has 3 aromatic carbocycles. The van der Waals surface area contributed by atoms with Crippen molar-refractivity contribution in [3.05, 3.63) is 71.8 Å². The van der Waals surface area contributed by atoms with Crippen LogP contribution in [0.3, 0.4) is 0 Å². The van der Waals surface area contributed by atoms with Crippen molar-refractivity contribution in [3.63, 3.8) is 0 Å². The van der Waals surface area contributed by atoms with E-state index in [-0.39, 0.29) is 5.75 Å². The van der Waals surface area contributed by atoms with Crippen LogP contribution < -0.4 is 0 Å². The topological polar surface area (TPSA) is 33.1 Å². The zero-order valence-corrected chi connectivity index (χ0v) is 12.6. The molecule has 0 spiro atoms. The second kappa shape index (κ2) is 4.56. The van der Waals surface area contributed by atoms with E-state index in [1.54, 1.807) is 6.07 Å². The van der Waals surface area contributed by atoms with Crippen molar-refractivity contribution in [3.8, 4) is 17.0 Å². The molecular weight excluding hydrogens is 282 g/mol. The Morgan fingerprint density at radius 1 is 0.783 bits per heavy atom. The number of phenolic OH excluding ortho intramolecular Hbond substituents is 1. The van der Waals surface area contributed by atoms with Crippen LogP contribution in [0.25, 0.3) is 32.9 Å². The van der Waals surface area contributed by atoms with Gasteiger partial charge >= 0.3 is 0 Å². The van der Waals surface area contributed by atoms with E-state index in [4.69, 9.17) is 4.98 Å². The number of aromatic nitrogens is 1. The van der Waals surface area contributed by atoms with Gasteiger partial charge in [0.2, 0.25) is 0 Å². The molecule has 0 radical (unpaired) electrons. The average Bonchev–Trinajstić information content (AvgIpc) is 3.02. The van der Waals surface area contributed by atoms with E-state index in [0.29, 0.717) is 5.52 Å². The van der Waals surface area contributed by atoms with Gasteiger partial charge in [-0.05, 0) is 46.9 Å². The first kappa shape index (κ1) is 12.7. The van der Waals surface area contributed by atoms with E-state index in [2.05, 4.69) is 36.4 Å². The summed E-state index contributed by atoms with van der Waals surface area (Å²) >= 11 is 0. The van der Waals surface area contributed by atoms with Crippen LogP contribution in [0.2, 0.25) is 0 Å². The molecule has 1 aliphatic carbocycles. The molecule has 0 saturated carbocycles. The fourth-order valence-corrected chi connectivity index (χ4v) is 3.78. The maximum atomic E-state index is 10.1. The number of aromatic hydroxyl groups is 1. The Balaban J connectivity index is 1.81. The van der Waals surface area contributed by atoms with Gasteiger partial charge in [0.15, 0.2) is 0 Å². The van der Waals surface area contributed by atoms with E-state index in [9.17, 15) is 5.11 Å². The third-order valence-electron chi connectivity index (χ3n) is 4.86. The lowest BCUT2D eigenvalue weighted by Gasteiger charge is -2.10. The fraction of sp³-hybridized carbons (Fsp3) is 0.0952. The Morgan fingerprint density at radius 3 is 2.57 bits per heavy atom. The maximum absolute atomic E-state index is 10.1. The molecule has 0 amide bonds. The predicted octanol–water partition coefficient (Wildman–Crippen LogP) is 4.86. The van der Waals surface area contributed by atoms with E-state index < -0.39 is 0 Å². The van der Waals surface area contributed by atoms with Gasteiger partial charge in [-0.2, -0.15) is 0 Å². The smallest absolute Gasteiger partial charge is 0.141 e. The van der Waals surface area contributed by atoms with Crippen LogP contribution in [0.15, 0.2) is 60.7 Å². The molecule has 0 saturated heterocycles. The second-order valence-electron chi connectivity index (χ2n) is 6.15. The normalized spacial score (nSPS) is 13.0. The van der Waals surface area contributed by atoms with Crippen molar-refractivity contribution in [1.29, 1.82) is 0 Å². The number of pyridine rings is 1. The summed E-state index contributed by atoms with van der Waals surface area (Å²) in [5.41, 5.74) is 5.62. The molecule has 5 rings (SSSR count). The van der Waals surface area contributed by atoms with Gasteiger partial charge in [-0.1, -0.05) is 48.5 Å². The van der Waals surface area contributed by atoms with Gasteiger partial charge in [-0.25, -0.2) is 4.98 Å². The first-order chi connectivity index (χ1) is 11.3. The summed E-state index contributed by atoms with van der Waals surface area (Å²) in [6, 6.07) is 20.5. The summed E-state index contributed by atoms with van der Waals surface area (Å²) < 4.78 is 0. The van der Waals surface area contributed by atoms with Gasteiger partial charge in [-0.15, -0.1) is 0 Å². The Hall–Kier alpha value is -2.87. The van der Waals surface area contributed by atoms with E-state index >= 15 is 0 Å². The van der Waals surface area contributed by atoms with Crippen LogP contribution in [0.1, 0.15) is 11.1 Å². The summed E-state index contributed by atoms with van der Waals surface area (Å²) in [5, 5.41) is 13.8. The maximum Gasteiger partial charge on any atom is 0.141 e. The predicted molar refractivity (Wildman–Crippen MR) is 93.8 cm³/mol. The van der Waals surface area contributed by atoms with Crippen LogP contribution >= 0.6 is 0 Å². The Labute approximate surface area is 134 Å². The Bertz CT molecular complexity index is 1080. The van der Waals surface area contributed by atoms with Gasteiger partial charge < -0.3 is 5.11 Å². The van der Waals surface area contributed by atoms with E-state index in [1.165, 1.54) is 27.5 Å². The SMILES string of the molecule is Oc1cccc2ccc(-c3ccc4cccc5c4c3CC5)nc12. The van der Waals surface area contributed by atoms with Crippen LogP contribution in [-0.4, -0.2) is 10.1 Å². The van der Waals surface area contributed by atoms with Crippen LogP contribution in [-0.2, 0) is 12.8 Å². The number of aryl methyl sites for hydroxylation is 2. The highest BCUT2D eigenvalue weighted by Crippen LogP contribution is 2.37. The Kier molecular flexibility index (Phi) is 2.51. The highest BCUT2D eigenvalue weighted by Gasteiger charge is 2.19. The lowest BCUT2D eigenvalue weighted by molar-refractivity contribution is 0.480. The summed E-state index contributed by atoms with van der Waals surface area (Å²) in [6.45, 7) is 0. The number of hydrogen-bond donors (Lipinski definition) is 1. The number of benzene rings is 3. The average molecular weight is 297 g/mol. The molecule has 2 heteroatoms. The zero-order valence-electron chi connectivity index (χ0n) is 12.6. The number of fused-ring (bicyclic) bond motifs is 1. The molecule has 0 unspecified atom stereocenters. The molecule has 2 nitrogen and oxygen atoms in total. The summed E-state index contributed by atoms with van der Waals surface area (Å²) in [7, 11) is 0. The Morgan fingerprint density at radius 2 is 1.61 bits per heavy atom. The van der Waals surface area contributed by atoms with Gasteiger partial charge in [-0.3, -0.25) is 0 Å². The summed E-state index contributed by atoms with van der Waals surface area (Å²) in [5.74, 6) is 0.238. The lowest BCUT2D eigenvalue weighted by Crippen LogP contribution is -1.91. The molecule has 0 bridgehead atoms. The summed E-state index contributed by atoms with van der Waals surface area (Å²) in [6.07, 6.45) is 2.16. The van der Waals surface area contributed by atoms with Crippen LogP contribution in [0.4, 0.5) is 0 Å². The first-order valence-corrected chi connectivity index (χ1v) is 7.94. The minimum Gasteiger partial charge on any atom is -0.506 e. The summed E-state index contributed by atoms with van der Waals surface area (Å²) in [4.78, 5) is 4.73. The molecule has 1 N–H and O–H groups in total. The third-order valence-corrected chi connectivity index (χ3v) is 4.86. The zero-order chi connectivity index (χ0) is 15.4. The number of phenols is 1. The van der Waals surface area contributed by atoms with Crippen LogP contribution in [0.5, 0.6) is 5.75 Å². The van der Waals surface area contributed by atoms with Crippen molar-refractivity contribution >= 4 is 21.7 Å². The number of nitrogens with zero attached hydrogens (tertiary/aromatic N) is 1. The van der Waals surface area contributed by atoms with Crippen molar-refractivity contribution in [1.82, 2.24) is 4.98 Å². The highest BCUT2D eigenvalue weighted by molar-refractivity contribution is 5.96. The van der Waals surface area contributed by atoms with Crippen molar-refractivity contribution in [2.45, 2.75) is 12.8 Å². The van der Waals surface area contributed by atoms with Gasteiger partial charge in [0.25, 0.3) is 0 Å². The largest absolute Gasteiger partial charge is 0.506 e. The minimum absolute atomic E-state index is 0.238. The van der Waals surface area contributed by atoms with E-state index in [1.807, 2.05) is 18.2 Å². The third kappa shape index (κ3) is 1.78. The quantitative estimate of drug-likeness (QED) is 0.544. The lowest BCUT2D eigenvalue weighted by atomic mass is 9.97. The molecule has 0 fully saturated rings. The standard InChI is InChI=1S/C21H15NO/c23-19-6-2-5-15-9-12-18(22-21(15)19)16-10-7-13-3-1-4-14-8-11-17(16)20(13)14/h1-7,9-10,12,23H,8,11H2. The minimum atomic E-state index is 0.238. The molecule has 110 valence electrons. The number of hydrogen-bond acceptors (Lipinski definition) is 2. The molecule has 1 aliphatic rings.